The summed E-state index contributed by atoms with van der Waals surface area (Å²) in [5, 5.41) is 2.82. The highest BCUT2D eigenvalue weighted by atomic mass is 32.2. The third-order valence-electron chi connectivity index (χ3n) is 5.34. The zero-order valence-electron chi connectivity index (χ0n) is 18.4. The van der Waals surface area contributed by atoms with Crippen molar-refractivity contribution in [2.24, 2.45) is 0 Å². The average molecular weight is 459 g/mol. The molecular formula is C24H30N2O5S. The van der Waals surface area contributed by atoms with Gasteiger partial charge in [0.25, 0.3) is 5.91 Å². The third kappa shape index (κ3) is 5.89. The lowest BCUT2D eigenvalue weighted by atomic mass is 10.1. The van der Waals surface area contributed by atoms with Crippen LogP contribution in [0, 0.1) is 0 Å². The molecule has 172 valence electrons. The number of amides is 1. The number of carbonyl (C=O) groups is 1. The number of sulfonamides is 1. The molecule has 1 saturated heterocycles. The number of hydrogen-bond acceptors (Lipinski definition) is 5. The number of allylic oxidation sites excluding steroid dienone is 1. The zero-order chi connectivity index (χ0) is 23.0. The molecule has 0 bridgehead atoms. The van der Waals surface area contributed by atoms with E-state index in [0.29, 0.717) is 37.4 Å². The minimum absolute atomic E-state index is 0.204. The zero-order valence-corrected chi connectivity index (χ0v) is 19.2. The Morgan fingerprint density at radius 1 is 1.12 bits per heavy atom. The van der Waals surface area contributed by atoms with Crippen LogP contribution in [0.3, 0.4) is 0 Å². The molecule has 3 rings (SSSR count). The summed E-state index contributed by atoms with van der Waals surface area (Å²) < 4.78 is 37.9. The highest BCUT2D eigenvalue weighted by Crippen LogP contribution is 2.23. The van der Waals surface area contributed by atoms with Gasteiger partial charge in [-0.3, -0.25) is 4.79 Å². The van der Waals surface area contributed by atoms with Crippen molar-refractivity contribution in [1.82, 2.24) is 9.62 Å². The third-order valence-corrected chi connectivity index (χ3v) is 7.25. The van der Waals surface area contributed by atoms with E-state index in [4.69, 9.17) is 9.47 Å². The number of methoxy groups -OCH3 is 1. The second-order valence-electron chi connectivity index (χ2n) is 7.56. The summed E-state index contributed by atoms with van der Waals surface area (Å²) in [7, 11) is -1.86. The van der Waals surface area contributed by atoms with Crippen LogP contribution in [0.2, 0.25) is 0 Å². The fourth-order valence-corrected chi connectivity index (χ4v) is 5.15. The van der Waals surface area contributed by atoms with E-state index >= 15 is 0 Å². The molecule has 7 nitrogen and oxygen atoms in total. The highest BCUT2D eigenvalue weighted by molar-refractivity contribution is 7.89. The molecule has 8 heteroatoms. The fourth-order valence-electron chi connectivity index (χ4n) is 3.63. The summed E-state index contributed by atoms with van der Waals surface area (Å²) >= 11 is 0. The Bertz CT molecular complexity index is 1030. The van der Waals surface area contributed by atoms with E-state index in [1.807, 2.05) is 0 Å². The molecule has 1 aliphatic rings. The summed E-state index contributed by atoms with van der Waals surface area (Å²) in [4.78, 5) is 12.7. The number of carbonyl (C=O) groups excluding carboxylic acids is 1. The maximum Gasteiger partial charge on any atom is 0.251 e. The summed E-state index contributed by atoms with van der Waals surface area (Å²) in [6, 6.07) is 11.7. The van der Waals surface area contributed by atoms with Crippen LogP contribution in [0.1, 0.15) is 35.2 Å². The molecule has 0 atom stereocenters. The molecule has 1 aliphatic heterocycles. The molecule has 1 fully saturated rings. The summed E-state index contributed by atoms with van der Waals surface area (Å²) in [6.45, 7) is 5.45. The topological polar surface area (TPSA) is 84.9 Å². The van der Waals surface area contributed by atoms with Gasteiger partial charge in [0.2, 0.25) is 10.0 Å². The van der Waals surface area contributed by atoms with E-state index in [2.05, 4.69) is 11.9 Å². The smallest absolute Gasteiger partial charge is 0.251 e. The van der Waals surface area contributed by atoms with E-state index in [0.717, 1.165) is 30.6 Å². The minimum Gasteiger partial charge on any atom is -0.496 e. The van der Waals surface area contributed by atoms with Crippen molar-refractivity contribution >= 4 is 15.9 Å². The van der Waals surface area contributed by atoms with Crippen molar-refractivity contribution in [2.45, 2.75) is 30.6 Å². The highest BCUT2D eigenvalue weighted by Gasteiger charge is 2.25. The van der Waals surface area contributed by atoms with Gasteiger partial charge >= 0.3 is 0 Å². The average Bonchev–Trinajstić information content (AvgIpc) is 2.82. The van der Waals surface area contributed by atoms with Crippen LogP contribution in [0.25, 0.3) is 0 Å². The van der Waals surface area contributed by atoms with Crippen molar-refractivity contribution in [3.8, 4) is 11.5 Å². The Labute approximate surface area is 190 Å². The molecule has 1 amide bonds. The van der Waals surface area contributed by atoms with E-state index in [1.165, 1.54) is 0 Å². The van der Waals surface area contributed by atoms with Crippen LogP contribution in [-0.4, -0.2) is 52.0 Å². The minimum atomic E-state index is -3.45. The first kappa shape index (κ1) is 23.8. The molecule has 1 N–H and O–H groups in total. The van der Waals surface area contributed by atoms with Gasteiger partial charge in [-0.25, -0.2) is 8.42 Å². The number of ether oxygens (including phenoxy) is 2. The first-order valence-electron chi connectivity index (χ1n) is 10.7. The molecular weight excluding hydrogens is 428 g/mol. The van der Waals surface area contributed by atoms with Crippen LogP contribution in [0.4, 0.5) is 0 Å². The first-order valence-corrected chi connectivity index (χ1v) is 12.2. The van der Waals surface area contributed by atoms with Crippen LogP contribution in [-0.2, 0) is 16.4 Å². The molecule has 32 heavy (non-hydrogen) atoms. The van der Waals surface area contributed by atoms with Crippen molar-refractivity contribution in [3.05, 3.63) is 66.2 Å². The second kappa shape index (κ2) is 11.2. The summed E-state index contributed by atoms with van der Waals surface area (Å²) in [6.07, 6.45) is 5.24. The van der Waals surface area contributed by atoms with Crippen molar-refractivity contribution in [1.29, 1.82) is 0 Å². The van der Waals surface area contributed by atoms with Gasteiger partial charge in [0.05, 0.1) is 18.6 Å². The van der Waals surface area contributed by atoms with Crippen LogP contribution in [0.15, 0.2) is 60.0 Å². The van der Waals surface area contributed by atoms with E-state index in [9.17, 15) is 13.2 Å². The predicted molar refractivity (Wildman–Crippen MR) is 124 cm³/mol. The normalized spacial score (nSPS) is 14.5. The van der Waals surface area contributed by atoms with Gasteiger partial charge in [0.1, 0.15) is 18.1 Å². The monoisotopic (exact) mass is 458 g/mol. The van der Waals surface area contributed by atoms with Crippen LogP contribution in [0.5, 0.6) is 11.5 Å². The second-order valence-corrected chi connectivity index (χ2v) is 9.50. The molecule has 0 unspecified atom stereocenters. The van der Waals surface area contributed by atoms with Gasteiger partial charge in [-0.2, -0.15) is 4.31 Å². The predicted octanol–water partition coefficient (Wildman–Crippen LogP) is 3.41. The van der Waals surface area contributed by atoms with Crippen LogP contribution < -0.4 is 14.8 Å². The van der Waals surface area contributed by atoms with E-state index in [1.54, 1.807) is 60.0 Å². The molecule has 0 radical (unpaired) electrons. The molecule has 0 aromatic heterocycles. The Kier molecular flexibility index (Phi) is 8.30. The SMILES string of the molecule is C=CCc1cc(C(=O)NCCOc2ccc(S(=O)(=O)N3CCCCC3)cc2)ccc1OC. The quantitative estimate of drug-likeness (QED) is 0.436. The summed E-state index contributed by atoms with van der Waals surface area (Å²) in [5.41, 5.74) is 1.43. The van der Waals surface area contributed by atoms with Crippen molar-refractivity contribution in [3.63, 3.8) is 0 Å². The van der Waals surface area contributed by atoms with Crippen molar-refractivity contribution in [2.75, 3.05) is 33.4 Å². The van der Waals surface area contributed by atoms with Gasteiger partial charge in [0, 0.05) is 18.7 Å². The number of nitrogens with zero attached hydrogens (tertiary/aromatic N) is 1. The lowest BCUT2D eigenvalue weighted by Crippen LogP contribution is -2.35. The van der Waals surface area contributed by atoms with E-state index < -0.39 is 10.0 Å². The van der Waals surface area contributed by atoms with Gasteiger partial charge in [-0.05, 0) is 67.3 Å². The number of nitrogens with one attached hydrogen (secondary N) is 1. The maximum absolute atomic E-state index is 12.7. The molecule has 0 saturated carbocycles. The summed E-state index contributed by atoms with van der Waals surface area (Å²) in [5.74, 6) is 1.06. The lowest BCUT2D eigenvalue weighted by Gasteiger charge is -2.25. The number of piperidine rings is 1. The fraction of sp³-hybridized carbons (Fsp3) is 0.375. The Morgan fingerprint density at radius 3 is 2.50 bits per heavy atom. The van der Waals surface area contributed by atoms with Gasteiger partial charge < -0.3 is 14.8 Å². The molecule has 0 aliphatic carbocycles. The molecule has 1 heterocycles. The number of rotatable bonds is 10. The standard InChI is InChI=1S/C24H30N2O5S/c1-3-7-19-18-20(8-13-23(19)30-2)24(27)25-14-17-31-21-9-11-22(12-10-21)32(28,29)26-15-5-4-6-16-26/h3,8-13,18H,1,4-7,14-17H2,2H3,(H,25,27). The Hall–Kier alpha value is -2.84. The van der Waals surface area contributed by atoms with Gasteiger partial charge in [-0.15, -0.1) is 6.58 Å². The van der Waals surface area contributed by atoms with Crippen molar-refractivity contribution < 1.29 is 22.7 Å². The molecule has 0 spiro atoms. The number of benzene rings is 2. The van der Waals surface area contributed by atoms with Crippen LogP contribution >= 0.6 is 0 Å². The maximum atomic E-state index is 12.7. The van der Waals surface area contributed by atoms with Gasteiger partial charge in [0.15, 0.2) is 0 Å². The Balaban J connectivity index is 1.50. The van der Waals surface area contributed by atoms with E-state index in [-0.39, 0.29) is 17.4 Å². The lowest BCUT2D eigenvalue weighted by molar-refractivity contribution is 0.0947. The Morgan fingerprint density at radius 2 is 1.84 bits per heavy atom. The largest absolute Gasteiger partial charge is 0.496 e. The molecule has 2 aromatic carbocycles. The number of hydrogen-bond donors (Lipinski definition) is 1. The molecule has 2 aromatic rings. The first-order chi connectivity index (χ1) is 15.5. The van der Waals surface area contributed by atoms with Gasteiger partial charge in [-0.1, -0.05) is 12.5 Å².